The largest absolute Gasteiger partial charge is 0.477 e. The van der Waals surface area contributed by atoms with Crippen molar-refractivity contribution in [2.24, 2.45) is 11.8 Å². The van der Waals surface area contributed by atoms with E-state index in [9.17, 15) is 9.59 Å². The van der Waals surface area contributed by atoms with E-state index in [1.54, 1.807) is 6.08 Å². The summed E-state index contributed by atoms with van der Waals surface area (Å²) in [6.07, 6.45) is 8.75. The number of hydrogen-bond donors (Lipinski definition) is 0. The molecule has 0 amide bonds. The number of hydrogen-bond acceptors (Lipinski definition) is 4. The zero-order valence-electron chi connectivity index (χ0n) is 16.8. The topological polar surface area (TPSA) is 52.6 Å². The maximum absolute atomic E-state index is 12.9. The third-order valence-corrected chi connectivity index (χ3v) is 7.67. The molecular weight excluding hydrogens is 376 g/mol. The maximum atomic E-state index is 12.9. The van der Waals surface area contributed by atoms with Crippen LogP contribution in [0, 0.1) is 11.8 Å². The summed E-state index contributed by atoms with van der Waals surface area (Å²) >= 11 is 0. The first-order valence-electron chi connectivity index (χ1n) is 11.0. The van der Waals surface area contributed by atoms with Crippen molar-refractivity contribution in [3.63, 3.8) is 0 Å². The second kappa shape index (κ2) is 6.56. The summed E-state index contributed by atoms with van der Waals surface area (Å²) in [5.41, 5.74) is 3.18. The molecule has 1 aliphatic heterocycles. The van der Waals surface area contributed by atoms with Crippen LogP contribution in [0.25, 0.3) is 6.08 Å². The summed E-state index contributed by atoms with van der Waals surface area (Å²) in [4.78, 5) is 25.4. The lowest BCUT2D eigenvalue weighted by Gasteiger charge is -2.54. The molecular formula is C26H24O4. The van der Waals surface area contributed by atoms with Gasteiger partial charge in [0.25, 0.3) is 0 Å². The fourth-order valence-corrected chi connectivity index (χ4v) is 6.61. The summed E-state index contributed by atoms with van der Waals surface area (Å²) < 4.78 is 12.0. The Morgan fingerprint density at radius 1 is 1.13 bits per heavy atom. The second-order valence-electron chi connectivity index (χ2n) is 9.10. The molecule has 0 N–H and O–H groups in total. The van der Waals surface area contributed by atoms with Crippen LogP contribution in [0.15, 0.2) is 48.5 Å². The van der Waals surface area contributed by atoms with Gasteiger partial charge in [0.2, 0.25) is 0 Å². The number of rotatable bonds is 3. The molecule has 3 aliphatic carbocycles. The molecule has 152 valence electrons. The van der Waals surface area contributed by atoms with Gasteiger partial charge in [0.15, 0.2) is 23.4 Å². The van der Waals surface area contributed by atoms with Crippen molar-refractivity contribution in [2.45, 2.75) is 50.0 Å². The Balaban J connectivity index is 1.37. The smallest absolute Gasteiger partial charge is 0.336 e. The van der Waals surface area contributed by atoms with Gasteiger partial charge in [-0.05, 0) is 60.8 Å². The minimum absolute atomic E-state index is 0.205. The summed E-state index contributed by atoms with van der Waals surface area (Å²) in [6.45, 7) is 0. The molecule has 0 radical (unpaired) electrons. The first-order chi connectivity index (χ1) is 14.7. The third-order valence-electron chi connectivity index (χ3n) is 7.67. The zero-order valence-corrected chi connectivity index (χ0v) is 16.8. The van der Waals surface area contributed by atoms with Crippen molar-refractivity contribution in [1.82, 2.24) is 0 Å². The molecule has 2 aromatic carbocycles. The van der Waals surface area contributed by atoms with E-state index in [0.29, 0.717) is 29.8 Å². The standard InChI is InChI=1S/C26H24O4/c27-20-11-10-19-17-7-4-14-26(19)23-18(15-17)9-12-21(24(23)30-25(20)26)29-22(28)13-8-16-5-2-1-3-6-16/h1-3,5-6,8-9,12-13,17,19,25H,4,7,10-11,14-15H2/b13-8+/t17-,19+,25+,26+/m1/s1. The minimum Gasteiger partial charge on any atom is -0.477 e. The molecule has 1 heterocycles. The van der Waals surface area contributed by atoms with Crippen molar-refractivity contribution >= 4 is 17.8 Å². The predicted octanol–water partition coefficient (Wildman–Crippen LogP) is 4.64. The van der Waals surface area contributed by atoms with Crippen molar-refractivity contribution in [1.29, 1.82) is 0 Å². The Morgan fingerprint density at radius 2 is 2.00 bits per heavy atom. The Bertz CT molecular complexity index is 1070. The molecule has 4 aliphatic rings. The molecule has 4 nitrogen and oxygen atoms in total. The quantitative estimate of drug-likeness (QED) is 0.428. The van der Waals surface area contributed by atoms with Gasteiger partial charge in [-0.3, -0.25) is 4.79 Å². The molecule has 2 fully saturated rings. The molecule has 30 heavy (non-hydrogen) atoms. The van der Waals surface area contributed by atoms with E-state index in [2.05, 4.69) is 6.07 Å². The molecule has 4 atom stereocenters. The van der Waals surface area contributed by atoms with Crippen LogP contribution in [0.2, 0.25) is 0 Å². The number of Topliss-reactive ketones (excluding diaryl/α,β-unsaturated/α-hetero) is 1. The Morgan fingerprint density at radius 3 is 2.87 bits per heavy atom. The van der Waals surface area contributed by atoms with Crippen LogP contribution in [0.5, 0.6) is 11.5 Å². The average Bonchev–Trinajstić information content (AvgIpc) is 3.10. The van der Waals surface area contributed by atoms with Gasteiger partial charge in [0.1, 0.15) is 0 Å². The summed E-state index contributed by atoms with van der Waals surface area (Å²) in [5.74, 6) is 1.99. The zero-order chi connectivity index (χ0) is 20.3. The highest BCUT2D eigenvalue weighted by Crippen LogP contribution is 2.65. The number of benzene rings is 2. The number of ketones is 1. The molecule has 0 saturated heterocycles. The Hall–Kier alpha value is -2.88. The lowest BCUT2D eigenvalue weighted by atomic mass is 9.48. The van der Waals surface area contributed by atoms with Crippen molar-refractivity contribution in [3.8, 4) is 11.5 Å². The molecule has 0 unspecified atom stereocenters. The number of carbonyl (C=O) groups excluding carboxylic acids is 2. The normalized spacial score (nSPS) is 30.7. The number of carbonyl (C=O) groups is 2. The lowest BCUT2D eigenvalue weighted by Crippen LogP contribution is -2.58. The molecule has 2 bridgehead atoms. The monoisotopic (exact) mass is 400 g/mol. The van der Waals surface area contributed by atoms with E-state index >= 15 is 0 Å². The van der Waals surface area contributed by atoms with Crippen LogP contribution in [-0.2, 0) is 21.4 Å². The van der Waals surface area contributed by atoms with Crippen LogP contribution >= 0.6 is 0 Å². The lowest BCUT2D eigenvalue weighted by molar-refractivity contribution is -0.136. The van der Waals surface area contributed by atoms with Gasteiger partial charge in [-0.2, -0.15) is 0 Å². The van der Waals surface area contributed by atoms with Gasteiger partial charge in [-0.15, -0.1) is 0 Å². The molecule has 2 aromatic rings. The second-order valence-corrected chi connectivity index (χ2v) is 9.10. The Labute approximate surface area is 175 Å². The van der Waals surface area contributed by atoms with E-state index in [1.165, 1.54) is 23.6 Å². The fourth-order valence-electron chi connectivity index (χ4n) is 6.61. The van der Waals surface area contributed by atoms with Crippen molar-refractivity contribution in [3.05, 3.63) is 65.2 Å². The van der Waals surface area contributed by atoms with Crippen molar-refractivity contribution in [2.75, 3.05) is 0 Å². The van der Waals surface area contributed by atoms with E-state index in [1.807, 2.05) is 36.4 Å². The van der Waals surface area contributed by atoms with Crippen LogP contribution in [0.3, 0.4) is 0 Å². The predicted molar refractivity (Wildman–Crippen MR) is 112 cm³/mol. The van der Waals surface area contributed by atoms with Gasteiger partial charge in [0.05, 0.1) is 0 Å². The average molecular weight is 400 g/mol. The molecule has 2 saturated carbocycles. The number of ether oxygens (including phenoxy) is 2. The first kappa shape index (κ1) is 17.9. The number of esters is 1. The molecule has 4 heteroatoms. The molecule has 0 aromatic heterocycles. The third kappa shape index (κ3) is 2.46. The van der Waals surface area contributed by atoms with E-state index in [4.69, 9.17) is 9.47 Å². The fraction of sp³-hybridized carbons (Fsp3) is 0.385. The highest BCUT2D eigenvalue weighted by Gasteiger charge is 2.64. The first-order valence-corrected chi connectivity index (χ1v) is 11.0. The SMILES string of the molecule is O=C(/C=C/c1ccccc1)Oc1ccc2c3c1O[C@H]1C(=O)CC[C@H]4[C@H](CCC[C@]314)C2. The van der Waals surface area contributed by atoms with Crippen LogP contribution in [0.1, 0.15) is 48.8 Å². The van der Waals surface area contributed by atoms with Crippen molar-refractivity contribution < 1.29 is 19.1 Å². The minimum atomic E-state index is -0.439. The molecule has 1 spiro atoms. The van der Waals surface area contributed by atoms with Gasteiger partial charge < -0.3 is 9.47 Å². The van der Waals surface area contributed by atoms with Gasteiger partial charge >= 0.3 is 5.97 Å². The Kier molecular flexibility index (Phi) is 3.92. The summed E-state index contributed by atoms with van der Waals surface area (Å²) in [5, 5.41) is 0. The van der Waals surface area contributed by atoms with Crippen LogP contribution in [-0.4, -0.2) is 17.9 Å². The summed E-state index contributed by atoms with van der Waals surface area (Å²) in [7, 11) is 0. The van der Waals surface area contributed by atoms with Gasteiger partial charge in [0, 0.05) is 23.5 Å². The van der Waals surface area contributed by atoms with E-state index in [-0.39, 0.29) is 11.2 Å². The highest BCUT2D eigenvalue weighted by atomic mass is 16.6. The maximum Gasteiger partial charge on any atom is 0.336 e. The van der Waals surface area contributed by atoms with E-state index < -0.39 is 12.1 Å². The highest BCUT2D eigenvalue weighted by molar-refractivity contribution is 5.91. The van der Waals surface area contributed by atoms with Crippen LogP contribution in [0.4, 0.5) is 0 Å². The van der Waals surface area contributed by atoms with Crippen LogP contribution < -0.4 is 9.47 Å². The van der Waals surface area contributed by atoms with Gasteiger partial charge in [-0.25, -0.2) is 4.79 Å². The van der Waals surface area contributed by atoms with Gasteiger partial charge in [-0.1, -0.05) is 42.8 Å². The molecule has 6 rings (SSSR count). The summed E-state index contributed by atoms with van der Waals surface area (Å²) in [6, 6.07) is 13.6. The van der Waals surface area contributed by atoms with E-state index in [0.717, 1.165) is 31.2 Å².